The topological polar surface area (TPSA) is 32.8 Å². The van der Waals surface area contributed by atoms with Gasteiger partial charge in [-0.1, -0.05) is 102 Å². The van der Waals surface area contributed by atoms with Crippen LogP contribution in [-0.2, 0) is 17.8 Å². The Kier molecular flexibility index (Phi) is 15.0. The Morgan fingerprint density at radius 1 is 0.872 bits per heavy atom. The number of carbonyl (C=O) groups excluding carboxylic acids is 1. The van der Waals surface area contributed by atoms with E-state index < -0.39 is 0 Å². The van der Waals surface area contributed by atoms with Crippen molar-refractivity contribution in [2.75, 3.05) is 23.9 Å². The van der Waals surface area contributed by atoms with Gasteiger partial charge in [-0.25, -0.2) is 0 Å². The third-order valence-corrected chi connectivity index (χ3v) is 8.18. The fraction of sp³-hybridized carbons (Fsp3) is 0.559. The van der Waals surface area contributed by atoms with Gasteiger partial charge in [-0.3, -0.25) is 4.79 Å². The highest BCUT2D eigenvalue weighted by Crippen LogP contribution is 2.23. The molecule has 2 aromatic carbocycles. The van der Waals surface area contributed by atoms with E-state index in [1.54, 1.807) is 6.92 Å². The molecule has 3 rings (SSSR count). The summed E-state index contributed by atoms with van der Waals surface area (Å²) in [7, 11) is 0. The minimum Gasteiger partial charge on any atom is -0.494 e. The van der Waals surface area contributed by atoms with Gasteiger partial charge in [-0.2, -0.15) is 0 Å². The van der Waals surface area contributed by atoms with Crippen LogP contribution in [0.1, 0.15) is 102 Å². The van der Waals surface area contributed by atoms with E-state index in [0.29, 0.717) is 6.54 Å². The molecule has 0 aliphatic carbocycles. The molecule has 0 saturated carbocycles. The van der Waals surface area contributed by atoms with Crippen molar-refractivity contribution in [1.29, 1.82) is 0 Å². The number of carbonyl (C=O) groups is 1. The van der Waals surface area contributed by atoms with Crippen LogP contribution in [0.15, 0.2) is 60.1 Å². The van der Waals surface area contributed by atoms with Crippen LogP contribution in [0.25, 0.3) is 0 Å². The molecule has 1 aliphatic heterocycles. The quantitative estimate of drug-likeness (QED) is 0.154. The van der Waals surface area contributed by atoms with Crippen LogP contribution in [0.2, 0.25) is 0 Å². The van der Waals surface area contributed by atoms with E-state index in [-0.39, 0.29) is 5.91 Å². The Bertz CT molecular complexity index is 993. The summed E-state index contributed by atoms with van der Waals surface area (Å²) in [5.41, 5.74) is 3.39. The molecule has 0 aromatic heterocycles. The van der Waals surface area contributed by atoms with Gasteiger partial charge in [0.2, 0.25) is 5.91 Å². The standard InChI is InChI=1S/C34H50N2O2S/c1-3-4-5-6-7-8-9-10-11-12-13-14-24-38-34-20-16-17-31(27-34)21-22-36(30(2)37)33-19-15-18-32(26-33)28-35-23-25-39-29-35/h15-20,23,25-27H,3-14,21-22,24,28-29H2,1-2H3. The fourth-order valence-corrected chi connectivity index (χ4v) is 5.81. The smallest absolute Gasteiger partial charge is 0.223 e. The van der Waals surface area contributed by atoms with Gasteiger partial charge in [0.25, 0.3) is 0 Å². The summed E-state index contributed by atoms with van der Waals surface area (Å²) in [6.07, 6.45) is 19.1. The summed E-state index contributed by atoms with van der Waals surface area (Å²) in [6, 6.07) is 16.7. The number of unbranched alkanes of at least 4 members (excludes halogenated alkanes) is 11. The number of hydrogen-bond donors (Lipinski definition) is 0. The highest BCUT2D eigenvalue weighted by atomic mass is 32.2. The van der Waals surface area contributed by atoms with Crippen LogP contribution in [0.4, 0.5) is 5.69 Å². The Hall–Kier alpha value is -2.40. The first-order valence-corrected chi connectivity index (χ1v) is 16.3. The zero-order chi connectivity index (χ0) is 27.5. The van der Waals surface area contributed by atoms with Gasteiger partial charge in [0.15, 0.2) is 0 Å². The lowest BCUT2D eigenvalue weighted by Gasteiger charge is -2.23. The Morgan fingerprint density at radius 3 is 2.21 bits per heavy atom. The van der Waals surface area contributed by atoms with Crippen molar-refractivity contribution in [2.45, 2.75) is 104 Å². The second-order valence-corrected chi connectivity index (χ2v) is 11.7. The van der Waals surface area contributed by atoms with E-state index >= 15 is 0 Å². The highest BCUT2D eigenvalue weighted by Gasteiger charge is 2.13. The van der Waals surface area contributed by atoms with Gasteiger partial charge in [0.1, 0.15) is 5.75 Å². The Labute approximate surface area is 242 Å². The minimum atomic E-state index is 0.0724. The SMILES string of the molecule is CCCCCCCCCCCCCCOc1cccc(CCN(C(C)=O)c2cccc(CN3C=CSC3)c2)c1. The maximum absolute atomic E-state index is 12.5. The van der Waals surface area contributed by atoms with Gasteiger partial charge in [0, 0.05) is 31.9 Å². The van der Waals surface area contributed by atoms with Crippen molar-refractivity contribution in [3.63, 3.8) is 0 Å². The largest absolute Gasteiger partial charge is 0.494 e. The molecule has 2 aromatic rings. The second-order valence-electron chi connectivity index (χ2n) is 10.8. The maximum Gasteiger partial charge on any atom is 0.223 e. The number of amides is 1. The van der Waals surface area contributed by atoms with Crippen molar-refractivity contribution >= 4 is 23.4 Å². The Morgan fingerprint density at radius 2 is 1.54 bits per heavy atom. The maximum atomic E-state index is 12.5. The molecule has 0 spiro atoms. The van der Waals surface area contributed by atoms with Crippen LogP contribution in [-0.4, -0.2) is 29.8 Å². The van der Waals surface area contributed by atoms with Crippen LogP contribution in [0, 0.1) is 0 Å². The molecule has 0 fully saturated rings. The van der Waals surface area contributed by atoms with E-state index in [1.165, 1.54) is 81.8 Å². The molecular weight excluding hydrogens is 500 g/mol. The number of nitrogens with zero attached hydrogens (tertiary/aromatic N) is 2. The number of ether oxygens (including phenoxy) is 1. The summed E-state index contributed by atoms with van der Waals surface area (Å²) in [4.78, 5) is 16.7. The molecule has 0 unspecified atom stereocenters. The molecule has 0 bridgehead atoms. The number of benzene rings is 2. The molecule has 5 heteroatoms. The predicted molar refractivity (Wildman–Crippen MR) is 168 cm³/mol. The normalized spacial score (nSPS) is 12.7. The summed E-state index contributed by atoms with van der Waals surface area (Å²) in [6.45, 7) is 6.23. The van der Waals surface area contributed by atoms with Gasteiger partial charge < -0.3 is 14.5 Å². The highest BCUT2D eigenvalue weighted by molar-refractivity contribution is 8.02. The lowest BCUT2D eigenvalue weighted by molar-refractivity contribution is -0.116. The van der Waals surface area contributed by atoms with E-state index in [4.69, 9.17) is 4.74 Å². The molecule has 0 saturated heterocycles. The molecule has 1 aliphatic rings. The lowest BCUT2D eigenvalue weighted by Crippen LogP contribution is -2.30. The van der Waals surface area contributed by atoms with Crippen molar-refractivity contribution < 1.29 is 9.53 Å². The van der Waals surface area contributed by atoms with E-state index in [2.05, 4.69) is 59.8 Å². The minimum absolute atomic E-state index is 0.0724. The van der Waals surface area contributed by atoms with Crippen molar-refractivity contribution in [3.05, 3.63) is 71.3 Å². The first-order chi connectivity index (χ1) is 19.2. The first-order valence-electron chi connectivity index (χ1n) is 15.3. The third-order valence-electron chi connectivity index (χ3n) is 7.39. The van der Waals surface area contributed by atoms with Crippen LogP contribution in [0.3, 0.4) is 0 Å². The van der Waals surface area contributed by atoms with E-state index in [9.17, 15) is 4.79 Å². The fourth-order valence-electron chi connectivity index (χ4n) is 5.10. The third kappa shape index (κ3) is 12.5. The number of rotatable bonds is 20. The number of hydrogen-bond acceptors (Lipinski definition) is 4. The van der Waals surface area contributed by atoms with Crippen LogP contribution in [0.5, 0.6) is 5.75 Å². The lowest BCUT2D eigenvalue weighted by atomic mass is 10.1. The zero-order valence-corrected chi connectivity index (χ0v) is 25.2. The van der Waals surface area contributed by atoms with E-state index in [0.717, 1.165) is 43.3 Å². The molecule has 214 valence electrons. The van der Waals surface area contributed by atoms with E-state index in [1.807, 2.05) is 28.8 Å². The second kappa shape index (κ2) is 18.8. The molecule has 39 heavy (non-hydrogen) atoms. The van der Waals surface area contributed by atoms with Gasteiger partial charge in [-0.05, 0) is 53.6 Å². The molecule has 1 amide bonds. The molecule has 0 atom stereocenters. The van der Waals surface area contributed by atoms with Crippen molar-refractivity contribution in [1.82, 2.24) is 4.90 Å². The van der Waals surface area contributed by atoms with Crippen LogP contribution >= 0.6 is 11.8 Å². The first kappa shape index (κ1) is 31.1. The summed E-state index contributed by atoms with van der Waals surface area (Å²) in [5.74, 6) is 1.99. The van der Waals surface area contributed by atoms with Crippen LogP contribution < -0.4 is 9.64 Å². The average molecular weight is 551 g/mol. The summed E-state index contributed by atoms with van der Waals surface area (Å²) >= 11 is 1.81. The monoisotopic (exact) mass is 550 g/mol. The number of anilines is 1. The van der Waals surface area contributed by atoms with Gasteiger partial charge in [-0.15, -0.1) is 11.8 Å². The van der Waals surface area contributed by atoms with Crippen molar-refractivity contribution in [3.8, 4) is 5.75 Å². The van der Waals surface area contributed by atoms with Gasteiger partial charge >= 0.3 is 0 Å². The molecule has 0 radical (unpaired) electrons. The summed E-state index contributed by atoms with van der Waals surface area (Å²) in [5, 5.41) is 2.13. The Balaban J connectivity index is 1.33. The molecular formula is C34H50N2O2S. The molecule has 1 heterocycles. The number of thioether (sulfide) groups is 1. The van der Waals surface area contributed by atoms with Crippen molar-refractivity contribution in [2.24, 2.45) is 0 Å². The molecule has 4 nitrogen and oxygen atoms in total. The van der Waals surface area contributed by atoms with Gasteiger partial charge in [0.05, 0.1) is 12.5 Å². The average Bonchev–Trinajstić information content (AvgIpc) is 3.45. The zero-order valence-electron chi connectivity index (χ0n) is 24.4. The summed E-state index contributed by atoms with van der Waals surface area (Å²) < 4.78 is 6.06. The molecule has 0 N–H and O–H groups in total. The predicted octanol–water partition coefficient (Wildman–Crippen LogP) is 9.34.